The fourth-order valence-corrected chi connectivity index (χ4v) is 4.27. The Morgan fingerprint density at radius 2 is 1.72 bits per heavy atom. The van der Waals surface area contributed by atoms with E-state index in [1.807, 2.05) is 0 Å². The van der Waals surface area contributed by atoms with E-state index >= 15 is 0 Å². The summed E-state index contributed by atoms with van der Waals surface area (Å²) in [4.78, 5) is 50.1. The zero-order valence-corrected chi connectivity index (χ0v) is 17.5. The topological polar surface area (TPSA) is 95.6 Å². The van der Waals surface area contributed by atoms with Crippen LogP contribution in [0.1, 0.15) is 63.7 Å². The summed E-state index contributed by atoms with van der Waals surface area (Å²) in [7, 11) is 0. The number of rotatable bonds is 4. The van der Waals surface area contributed by atoms with Crippen molar-refractivity contribution in [2.75, 3.05) is 11.9 Å². The van der Waals surface area contributed by atoms with Crippen molar-refractivity contribution in [3.63, 3.8) is 0 Å². The first kappa shape index (κ1) is 21.0. The summed E-state index contributed by atoms with van der Waals surface area (Å²) in [5.74, 6) is -0.316. The molecular weight excluding hydrogens is 370 g/mol. The predicted octanol–water partition coefficient (Wildman–Crippen LogP) is 3.35. The van der Waals surface area contributed by atoms with Crippen LogP contribution in [0.3, 0.4) is 0 Å². The minimum atomic E-state index is -0.873. The van der Waals surface area contributed by atoms with Crippen LogP contribution in [0, 0.1) is 11.3 Å². The largest absolute Gasteiger partial charge is 0.325 e. The highest BCUT2D eigenvalue weighted by Crippen LogP contribution is 2.43. The number of carbonyl (C=O) groups is 4. The van der Waals surface area contributed by atoms with E-state index < -0.39 is 17.5 Å². The van der Waals surface area contributed by atoms with Gasteiger partial charge in [-0.2, -0.15) is 0 Å². The lowest BCUT2D eigenvalue weighted by Gasteiger charge is -2.40. The van der Waals surface area contributed by atoms with Gasteiger partial charge in [-0.15, -0.1) is 0 Å². The lowest BCUT2D eigenvalue weighted by Crippen LogP contribution is -2.50. The maximum atomic E-state index is 13.0. The highest BCUT2D eigenvalue weighted by Gasteiger charge is 2.53. The minimum absolute atomic E-state index is 0.0614. The molecule has 29 heavy (non-hydrogen) atoms. The van der Waals surface area contributed by atoms with Crippen molar-refractivity contribution in [1.82, 2.24) is 10.2 Å². The number of carbonyl (C=O) groups excluding carboxylic acids is 4. The van der Waals surface area contributed by atoms with E-state index in [2.05, 4.69) is 31.4 Å². The number of urea groups is 1. The highest BCUT2D eigenvalue weighted by molar-refractivity contribution is 6.10. The molecule has 1 saturated carbocycles. The van der Waals surface area contributed by atoms with Crippen LogP contribution in [-0.2, 0) is 9.59 Å². The van der Waals surface area contributed by atoms with Crippen molar-refractivity contribution >= 4 is 29.3 Å². The summed E-state index contributed by atoms with van der Waals surface area (Å²) in [5.41, 5.74) is 0.352. The third-order valence-electron chi connectivity index (χ3n) is 6.19. The van der Waals surface area contributed by atoms with Crippen molar-refractivity contribution in [2.45, 2.75) is 58.9 Å². The van der Waals surface area contributed by atoms with Gasteiger partial charge >= 0.3 is 6.03 Å². The summed E-state index contributed by atoms with van der Waals surface area (Å²) in [6.45, 7) is 7.73. The zero-order chi connectivity index (χ0) is 21.4. The van der Waals surface area contributed by atoms with Gasteiger partial charge in [0.2, 0.25) is 5.91 Å². The van der Waals surface area contributed by atoms with E-state index in [9.17, 15) is 19.2 Å². The molecule has 3 rings (SSSR count). The van der Waals surface area contributed by atoms with Gasteiger partial charge in [-0.05, 0) is 68.2 Å². The molecule has 0 unspecified atom stereocenters. The highest BCUT2D eigenvalue weighted by atomic mass is 16.2. The average molecular weight is 399 g/mol. The van der Waals surface area contributed by atoms with Crippen LogP contribution in [0.4, 0.5) is 10.5 Å². The molecule has 7 heteroatoms. The molecule has 1 spiro atoms. The van der Waals surface area contributed by atoms with Crippen LogP contribution < -0.4 is 10.6 Å². The third-order valence-corrected chi connectivity index (χ3v) is 6.19. The molecule has 0 radical (unpaired) electrons. The molecule has 156 valence electrons. The first-order valence-corrected chi connectivity index (χ1v) is 10.1. The van der Waals surface area contributed by atoms with E-state index in [1.165, 1.54) is 6.92 Å². The van der Waals surface area contributed by atoms with Gasteiger partial charge in [0.1, 0.15) is 12.1 Å². The number of Topliss-reactive ketones (excluding diaryl/α,β-unsaturated/α-hetero) is 1. The van der Waals surface area contributed by atoms with Crippen molar-refractivity contribution in [3.8, 4) is 0 Å². The minimum Gasteiger partial charge on any atom is -0.325 e. The summed E-state index contributed by atoms with van der Waals surface area (Å²) in [6.07, 6.45) is 2.95. The van der Waals surface area contributed by atoms with E-state index in [0.29, 0.717) is 30.0 Å². The van der Waals surface area contributed by atoms with Crippen LogP contribution in [-0.4, -0.2) is 40.6 Å². The molecule has 0 atom stereocenters. The van der Waals surface area contributed by atoms with E-state index in [0.717, 1.165) is 17.7 Å². The number of hydrogen-bond donors (Lipinski definition) is 2. The quantitative estimate of drug-likeness (QED) is 0.599. The van der Waals surface area contributed by atoms with E-state index in [1.54, 1.807) is 24.3 Å². The second kappa shape index (κ2) is 7.61. The van der Waals surface area contributed by atoms with Gasteiger partial charge in [-0.3, -0.25) is 19.3 Å². The van der Waals surface area contributed by atoms with Gasteiger partial charge in [0, 0.05) is 11.3 Å². The molecule has 0 aromatic heterocycles. The van der Waals surface area contributed by atoms with Gasteiger partial charge in [0.15, 0.2) is 5.78 Å². The molecular formula is C22H29N3O4. The third kappa shape index (κ3) is 4.33. The Kier molecular flexibility index (Phi) is 5.52. The molecule has 2 aliphatic rings. The van der Waals surface area contributed by atoms with Crippen molar-refractivity contribution in [1.29, 1.82) is 0 Å². The number of amides is 4. The molecule has 1 aromatic rings. The van der Waals surface area contributed by atoms with Gasteiger partial charge in [-0.1, -0.05) is 20.8 Å². The molecule has 2 N–H and O–H groups in total. The second-order valence-corrected chi connectivity index (χ2v) is 9.23. The van der Waals surface area contributed by atoms with Gasteiger partial charge in [0.25, 0.3) is 5.91 Å². The predicted molar refractivity (Wildman–Crippen MR) is 109 cm³/mol. The van der Waals surface area contributed by atoms with Crippen LogP contribution in [0.5, 0.6) is 0 Å². The first-order valence-electron chi connectivity index (χ1n) is 10.1. The Morgan fingerprint density at radius 1 is 1.14 bits per heavy atom. The normalized spacial score (nSPS) is 24.6. The van der Waals surface area contributed by atoms with Crippen LogP contribution in [0.15, 0.2) is 24.3 Å². The summed E-state index contributed by atoms with van der Waals surface area (Å²) in [5, 5.41) is 5.52. The lowest BCUT2D eigenvalue weighted by molar-refractivity contribution is -0.135. The van der Waals surface area contributed by atoms with Crippen LogP contribution in [0.2, 0.25) is 0 Å². The fraction of sp³-hybridized carbons (Fsp3) is 0.545. The Morgan fingerprint density at radius 3 is 2.24 bits per heavy atom. The van der Waals surface area contributed by atoms with Crippen molar-refractivity contribution < 1.29 is 19.2 Å². The number of imide groups is 1. The molecule has 0 bridgehead atoms. The lowest BCUT2D eigenvalue weighted by atomic mass is 9.67. The fourth-order valence-electron chi connectivity index (χ4n) is 4.27. The number of benzene rings is 1. The maximum Gasteiger partial charge on any atom is 0.325 e. The first-order chi connectivity index (χ1) is 13.5. The number of anilines is 1. The number of ketones is 1. The zero-order valence-electron chi connectivity index (χ0n) is 17.5. The Bertz CT molecular complexity index is 831. The van der Waals surface area contributed by atoms with Gasteiger partial charge < -0.3 is 10.6 Å². The average Bonchev–Trinajstić information content (AvgIpc) is 2.86. The van der Waals surface area contributed by atoms with Crippen LogP contribution in [0.25, 0.3) is 0 Å². The molecule has 1 heterocycles. The van der Waals surface area contributed by atoms with Crippen LogP contribution >= 0.6 is 0 Å². The standard InChI is InChI=1S/C22H29N3O4/c1-14(26)15-5-7-17(8-6-15)23-18(27)13-25-19(28)22(24-20(25)29)11-9-16(10-12-22)21(2,3)4/h5-8,16H,9-13H2,1-4H3,(H,23,27)(H,24,29). The molecule has 2 fully saturated rings. The van der Waals surface area contributed by atoms with E-state index in [-0.39, 0.29) is 23.7 Å². The van der Waals surface area contributed by atoms with Crippen molar-refractivity contribution in [2.24, 2.45) is 11.3 Å². The smallest absolute Gasteiger partial charge is 0.325 e. The Hall–Kier alpha value is -2.70. The SMILES string of the molecule is CC(=O)c1ccc(NC(=O)CN2C(=O)NC3(CCC(C(C)(C)C)CC3)C2=O)cc1. The number of nitrogens with one attached hydrogen (secondary N) is 2. The summed E-state index contributed by atoms with van der Waals surface area (Å²) >= 11 is 0. The molecule has 1 aromatic carbocycles. The second-order valence-electron chi connectivity index (χ2n) is 9.23. The number of nitrogens with zero attached hydrogens (tertiary/aromatic N) is 1. The molecule has 1 saturated heterocycles. The molecule has 1 aliphatic carbocycles. The van der Waals surface area contributed by atoms with Gasteiger partial charge in [0.05, 0.1) is 0 Å². The summed E-state index contributed by atoms with van der Waals surface area (Å²) < 4.78 is 0. The Labute approximate surface area is 171 Å². The monoisotopic (exact) mass is 399 g/mol. The molecule has 4 amide bonds. The van der Waals surface area contributed by atoms with Gasteiger partial charge in [-0.25, -0.2) is 4.79 Å². The maximum absolute atomic E-state index is 13.0. The molecule has 1 aliphatic heterocycles. The summed E-state index contributed by atoms with van der Waals surface area (Å²) in [6, 6.07) is 5.97. The molecule has 7 nitrogen and oxygen atoms in total. The number of hydrogen-bond acceptors (Lipinski definition) is 4. The Balaban J connectivity index is 1.61. The van der Waals surface area contributed by atoms with E-state index in [4.69, 9.17) is 0 Å². The van der Waals surface area contributed by atoms with Crippen molar-refractivity contribution in [3.05, 3.63) is 29.8 Å².